The van der Waals surface area contributed by atoms with Gasteiger partial charge in [0.2, 0.25) is 0 Å². The first-order valence-corrected chi connectivity index (χ1v) is 12.4. The number of carbonyl (C=O) groups is 1. The summed E-state index contributed by atoms with van der Waals surface area (Å²) in [4.78, 5) is 12.3. The van der Waals surface area contributed by atoms with Gasteiger partial charge in [0.15, 0.2) is 0 Å². The molecule has 4 nitrogen and oxygen atoms in total. The highest BCUT2D eigenvalue weighted by Crippen LogP contribution is 2.73. The third-order valence-electron chi connectivity index (χ3n) is 10.9. The van der Waals surface area contributed by atoms with Crippen LogP contribution < -0.4 is 0 Å². The number of aliphatic hydroxyl groups is 1. The Morgan fingerprint density at radius 1 is 1.00 bits per heavy atom. The molecule has 0 radical (unpaired) electrons. The molecule has 0 spiro atoms. The van der Waals surface area contributed by atoms with Gasteiger partial charge < -0.3 is 14.3 Å². The van der Waals surface area contributed by atoms with Gasteiger partial charge in [-0.3, -0.25) is 4.79 Å². The summed E-state index contributed by atoms with van der Waals surface area (Å²) >= 11 is 0. The number of hydrogen-bond acceptors (Lipinski definition) is 4. The van der Waals surface area contributed by atoms with Gasteiger partial charge in [0.25, 0.3) is 0 Å². The molecule has 0 saturated heterocycles. The van der Waals surface area contributed by atoms with Crippen molar-refractivity contribution in [2.24, 2.45) is 34.0 Å². The van der Waals surface area contributed by atoms with E-state index >= 15 is 0 Å². The Hall–Kier alpha value is -1.29. The largest absolute Gasteiger partial charge is 0.472 e. The number of rotatable bonds is 1. The molecule has 1 N–H and O–H groups in total. The van der Waals surface area contributed by atoms with Gasteiger partial charge >= 0.3 is 5.97 Å². The second-order valence-electron chi connectivity index (χ2n) is 12.7. The van der Waals surface area contributed by atoms with Crippen molar-refractivity contribution >= 4 is 5.97 Å². The second-order valence-corrected chi connectivity index (χ2v) is 12.7. The number of hydrogen-bond donors (Lipinski definition) is 1. The Kier molecular flexibility index (Phi) is 4.60. The van der Waals surface area contributed by atoms with Crippen LogP contribution in [0.15, 0.2) is 16.9 Å². The van der Waals surface area contributed by atoms with Crippen molar-refractivity contribution in [2.75, 3.05) is 0 Å². The average molecular weight is 429 g/mol. The smallest absolute Gasteiger partial charge is 0.302 e. The molecule has 0 aromatic carbocycles. The maximum atomic E-state index is 12.3. The van der Waals surface area contributed by atoms with Crippen molar-refractivity contribution in [2.45, 2.75) is 104 Å². The van der Waals surface area contributed by atoms with Gasteiger partial charge in [-0.2, -0.15) is 0 Å². The van der Waals surface area contributed by atoms with Crippen LogP contribution in [-0.4, -0.2) is 17.2 Å². The first-order chi connectivity index (χ1) is 14.4. The zero-order chi connectivity index (χ0) is 22.4. The molecular weight excluding hydrogens is 388 g/mol. The minimum atomic E-state index is -0.506. The predicted octanol–water partition coefficient (Wildman–Crippen LogP) is 6.17. The predicted molar refractivity (Wildman–Crippen MR) is 119 cm³/mol. The highest BCUT2D eigenvalue weighted by molar-refractivity contribution is 5.66. The van der Waals surface area contributed by atoms with Crippen LogP contribution in [0.5, 0.6) is 0 Å². The highest BCUT2D eigenvalue weighted by Gasteiger charge is 2.68. The van der Waals surface area contributed by atoms with Gasteiger partial charge in [0.1, 0.15) is 6.10 Å². The first kappa shape index (κ1) is 21.6. The third-order valence-corrected chi connectivity index (χ3v) is 10.9. The van der Waals surface area contributed by atoms with Gasteiger partial charge in [-0.05, 0) is 72.5 Å². The topological polar surface area (TPSA) is 59.7 Å². The Balaban J connectivity index is 1.66. The van der Waals surface area contributed by atoms with Crippen LogP contribution in [0.3, 0.4) is 0 Å². The van der Waals surface area contributed by atoms with E-state index in [1.54, 1.807) is 6.26 Å². The van der Waals surface area contributed by atoms with E-state index in [0.29, 0.717) is 17.3 Å². The van der Waals surface area contributed by atoms with Crippen LogP contribution in [0.2, 0.25) is 0 Å². The van der Waals surface area contributed by atoms with Crippen LogP contribution >= 0.6 is 0 Å². The lowest BCUT2D eigenvalue weighted by atomic mass is 9.35. The molecule has 0 amide bonds. The number of esters is 1. The van der Waals surface area contributed by atoms with Gasteiger partial charge in [0, 0.05) is 23.5 Å². The summed E-state index contributed by atoms with van der Waals surface area (Å²) in [5, 5.41) is 11.1. The summed E-state index contributed by atoms with van der Waals surface area (Å²) in [6, 6.07) is 0. The van der Waals surface area contributed by atoms with Crippen LogP contribution in [-0.2, 0) is 14.9 Å². The fourth-order valence-electron chi connectivity index (χ4n) is 9.61. The monoisotopic (exact) mass is 428 g/mol. The minimum absolute atomic E-state index is 0.111. The van der Waals surface area contributed by atoms with E-state index in [4.69, 9.17) is 9.15 Å². The van der Waals surface area contributed by atoms with Crippen molar-refractivity contribution in [3.63, 3.8) is 0 Å². The third kappa shape index (κ3) is 2.72. The van der Waals surface area contributed by atoms with E-state index in [-0.39, 0.29) is 34.2 Å². The Bertz CT molecular complexity index is 886. The van der Waals surface area contributed by atoms with Crippen LogP contribution in [0.4, 0.5) is 0 Å². The van der Waals surface area contributed by atoms with E-state index in [2.05, 4.69) is 34.6 Å². The Labute approximate surface area is 187 Å². The molecule has 8 atom stereocenters. The maximum Gasteiger partial charge on any atom is 0.302 e. The molecule has 4 aliphatic rings. The van der Waals surface area contributed by atoms with Crippen molar-refractivity contribution in [1.29, 1.82) is 0 Å². The minimum Gasteiger partial charge on any atom is -0.472 e. The zero-order valence-electron chi connectivity index (χ0n) is 20.2. The van der Waals surface area contributed by atoms with Crippen LogP contribution in [0.1, 0.15) is 104 Å². The van der Waals surface area contributed by atoms with Gasteiger partial charge in [-0.25, -0.2) is 0 Å². The number of furan rings is 1. The zero-order valence-corrected chi connectivity index (χ0v) is 20.2. The molecule has 1 aromatic heterocycles. The summed E-state index contributed by atoms with van der Waals surface area (Å²) in [6.45, 7) is 13.8. The quantitative estimate of drug-likeness (QED) is 0.543. The molecule has 4 heteroatoms. The molecule has 5 rings (SSSR count). The summed E-state index contributed by atoms with van der Waals surface area (Å²) in [6.07, 6.45) is 10.7. The number of aliphatic hydroxyl groups excluding tert-OH is 1. The number of fused-ring (bicyclic) bond motifs is 7. The lowest BCUT2D eigenvalue weighted by molar-refractivity contribution is -0.220. The molecule has 172 valence electrons. The molecule has 31 heavy (non-hydrogen) atoms. The standard InChI is InChI=1S/C27H40O4/c1-16(28)31-23-13-21-25(4)10-7-9-24(2,3)20(25)8-11-26(21,5)22-12-19(29)17-14-30-15-18(17)27(22,23)6/h14-15,19-23,29H,7-13H2,1-6H3/t19-,20-,21+,22-,23-,25-,26+,27+/m0/s1. The molecule has 4 aliphatic carbocycles. The summed E-state index contributed by atoms with van der Waals surface area (Å²) in [7, 11) is 0. The Morgan fingerprint density at radius 3 is 2.42 bits per heavy atom. The normalized spacial score (nSPS) is 48.0. The fourth-order valence-corrected chi connectivity index (χ4v) is 9.61. The van der Waals surface area contributed by atoms with Crippen molar-refractivity contribution in [3.8, 4) is 0 Å². The van der Waals surface area contributed by atoms with Gasteiger partial charge in [-0.1, -0.05) is 41.0 Å². The molecular formula is C27H40O4. The fraction of sp³-hybridized carbons (Fsp3) is 0.815. The lowest BCUT2D eigenvalue weighted by Crippen LogP contribution is -2.67. The van der Waals surface area contributed by atoms with Crippen molar-refractivity contribution in [3.05, 3.63) is 23.7 Å². The summed E-state index contributed by atoms with van der Waals surface area (Å²) in [5.41, 5.74) is 2.33. The first-order valence-electron chi connectivity index (χ1n) is 12.4. The maximum absolute atomic E-state index is 12.3. The molecule has 1 aromatic rings. The number of carbonyl (C=O) groups excluding carboxylic acids is 1. The SMILES string of the molecule is CC(=O)O[C@H]1C[C@@H]2[C@@]3(C)CCCC(C)(C)[C@@H]3CC[C@@]2(C)[C@@H]2C[C@H](O)c3cocc3[C@@]12C. The molecule has 3 fully saturated rings. The molecule has 0 bridgehead atoms. The molecule has 0 unspecified atom stereocenters. The summed E-state index contributed by atoms with van der Waals surface area (Å²) < 4.78 is 11.7. The Morgan fingerprint density at radius 2 is 1.71 bits per heavy atom. The van der Waals surface area contributed by atoms with Crippen molar-refractivity contribution < 1.29 is 19.1 Å². The average Bonchev–Trinajstić information content (AvgIpc) is 3.16. The van der Waals surface area contributed by atoms with Crippen LogP contribution in [0, 0.1) is 34.0 Å². The molecule has 3 saturated carbocycles. The highest BCUT2D eigenvalue weighted by atomic mass is 16.5. The van der Waals surface area contributed by atoms with E-state index < -0.39 is 6.10 Å². The summed E-state index contributed by atoms with van der Waals surface area (Å²) in [5.74, 6) is 1.24. The molecule has 1 heterocycles. The van der Waals surface area contributed by atoms with Gasteiger partial charge in [0.05, 0.1) is 18.6 Å². The number of ether oxygens (including phenoxy) is 1. The van der Waals surface area contributed by atoms with E-state index in [1.807, 2.05) is 6.26 Å². The molecule has 0 aliphatic heterocycles. The van der Waals surface area contributed by atoms with E-state index in [9.17, 15) is 9.90 Å². The van der Waals surface area contributed by atoms with E-state index in [0.717, 1.165) is 24.0 Å². The van der Waals surface area contributed by atoms with E-state index in [1.165, 1.54) is 39.0 Å². The second kappa shape index (κ2) is 6.62. The van der Waals surface area contributed by atoms with Crippen molar-refractivity contribution in [1.82, 2.24) is 0 Å². The van der Waals surface area contributed by atoms with Gasteiger partial charge in [-0.15, -0.1) is 0 Å². The lowest BCUT2D eigenvalue weighted by Gasteiger charge is -2.70. The van der Waals surface area contributed by atoms with Crippen LogP contribution in [0.25, 0.3) is 0 Å².